The van der Waals surface area contributed by atoms with Crippen LogP contribution in [0.15, 0.2) is 6.07 Å². The molecule has 0 saturated carbocycles. The lowest BCUT2D eigenvalue weighted by molar-refractivity contribution is -0.0807. The molecule has 1 N–H and O–H groups in total. The van der Waals surface area contributed by atoms with Gasteiger partial charge in [0.15, 0.2) is 0 Å². The van der Waals surface area contributed by atoms with Crippen LogP contribution in [0.1, 0.15) is 29.8 Å². The van der Waals surface area contributed by atoms with E-state index in [-0.39, 0.29) is 5.60 Å². The lowest BCUT2D eigenvalue weighted by Crippen LogP contribution is -2.44. The van der Waals surface area contributed by atoms with Gasteiger partial charge in [0, 0.05) is 45.4 Å². The maximum atomic E-state index is 9.27. The van der Waals surface area contributed by atoms with Crippen molar-refractivity contribution in [1.29, 1.82) is 5.26 Å². The van der Waals surface area contributed by atoms with Crippen LogP contribution in [0, 0.1) is 25.2 Å². The monoisotopic (exact) mass is 275 g/mol. The largest absolute Gasteiger partial charge is 0.381 e. The average molecular weight is 275 g/mol. The molecule has 1 aliphatic rings. The number of aromatic nitrogens is 1. The third kappa shape index (κ3) is 3.09. The van der Waals surface area contributed by atoms with Crippen molar-refractivity contribution < 1.29 is 9.47 Å². The molecule has 108 valence electrons. The summed E-state index contributed by atoms with van der Waals surface area (Å²) in [6, 6.07) is 4.13. The molecule has 20 heavy (non-hydrogen) atoms. The number of nitrogens with zero attached hydrogens (tertiary/aromatic N) is 2. The maximum absolute atomic E-state index is 9.27. The summed E-state index contributed by atoms with van der Waals surface area (Å²) in [6.07, 6.45) is 1.73. The third-order valence-electron chi connectivity index (χ3n) is 3.88. The van der Waals surface area contributed by atoms with Crippen LogP contribution in [0.2, 0.25) is 0 Å². The molecule has 2 heterocycles. The van der Waals surface area contributed by atoms with E-state index in [9.17, 15) is 5.26 Å². The Bertz CT molecular complexity index is 517. The highest BCUT2D eigenvalue weighted by Gasteiger charge is 2.32. The second-order valence-corrected chi connectivity index (χ2v) is 5.24. The van der Waals surface area contributed by atoms with E-state index in [2.05, 4.69) is 16.4 Å². The molecule has 0 aromatic carbocycles. The van der Waals surface area contributed by atoms with Gasteiger partial charge in [0.05, 0.1) is 22.5 Å². The molecular formula is C15H21N3O2. The lowest BCUT2D eigenvalue weighted by atomic mass is 9.93. The number of rotatable bonds is 4. The van der Waals surface area contributed by atoms with Gasteiger partial charge in [-0.1, -0.05) is 0 Å². The first-order chi connectivity index (χ1) is 9.60. The molecule has 1 aromatic rings. The first-order valence-electron chi connectivity index (χ1n) is 6.85. The number of nitriles is 1. The fourth-order valence-electron chi connectivity index (χ4n) is 2.56. The highest BCUT2D eigenvalue weighted by molar-refractivity contribution is 5.60. The number of anilines is 1. The van der Waals surface area contributed by atoms with Crippen molar-refractivity contribution in [3.8, 4) is 6.07 Å². The van der Waals surface area contributed by atoms with E-state index in [1.807, 2.05) is 19.9 Å². The normalized spacial score (nSPS) is 17.5. The number of hydrogen-bond acceptors (Lipinski definition) is 5. The molecule has 0 spiro atoms. The van der Waals surface area contributed by atoms with Crippen LogP contribution < -0.4 is 5.32 Å². The summed E-state index contributed by atoms with van der Waals surface area (Å²) < 4.78 is 11.1. The van der Waals surface area contributed by atoms with Crippen molar-refractivity contribution in [2.45, 2.75) is 32.3 Å². The summed E-state index contributed by atoms with van der Waals surface area (Å²) in [4.78, 5) is 4.32. The topological polar surface area (TPSA) is 67.2 Å². The Morgan fingerprint density at radius 2 is 2.15 bits per heavy atom. The zero-order chi connectivity index (χ0) is 14.6. The predicted octanol–water partition coefficient (Wildman–Crippen LogP) is 2.18. The second-order valence-electron chi connectivity index (χ2n) is 5.24. The van der Waals surface area contributed by atoms with Gasteiger partial charge in [-0.2, -0.15) is 5.26 Å². The molecule has 1 fully saturated rings. The van der Waals surface area contributed by atoms with Gasteiger partial charge in [-0.05, 0) is 19.9 Å². The van der Waals surface area contributed by atoms with Gasteiger partial charge in [0.25, 0.3) is 0 Å². The van der Waals surface area contributed by atoms with Crippen LogP contribution in [0.3, 0.4) is 0 Å². The molecule has 2 rings (SSSR count). The van der Waals surface area contributed by atoms with Crippen LogP contribution in [0.25, 0.3) is 0 Å². The minimum Gasteiger partial charge on any atom is -0.381 e. The number of methoxy groups -OCH3 is 1. The second kappa shape index (κ2) is 6.21. The first-order valence-corrected chi connectivity index (χ1v) is 6.85. The van der Waals surface area contributed by atoms with Gasteiger partial charge in [-0.25, -0.2) is 0 Å². The van der Waals surface area contributed by atoms with Crippen molar-refractivity contribution in [3.05, 3.63) is 23.0 Å². The molecule has 0 atom stereocenters. The van der Waals surface area contributed by atoms with Crippen molar-refractivity contribution in [2.24, 2.45) is 0 Å². The third-order valence-corrected chi connectivity index (χ3v) is 3.88. The van der Waals surface area contributed by atoms with Crippen LogP contribution in [-0.4, -0.2) is 37.5 Å². The standard InChI is InChI=1S/C15H21N3O2/c1-11-8-14(13(9-16)12(2)18-11)17-10-15(19-3)4-6-20-7-5-15/h8H,4-7,10H2,1-3H3,(H,17,18). The smallest absolute Gasteiger partial charge is 0.103 e. The SMILES string of the molecule is COC1(CNc2cc(C)nc(C)c2C#N)CCOCC1. The van der Waals surface area contributed by atoms with Gasteiger partial charge in [0.1, 0.15) is 6.07 Å². The summed E-state index contributed by atoms with van der Waals surface area (Å²) >= 11 is 0. The highest BCUT2D eigenvalue weighted by atomic mass is 16.5. The molecule has 0 unspecified atom stereocenters. The number of ether oxygens (including phenoxy) is 2. The molecule has 5 heteroatoms. The van der Waals surface area contributed by atoms with E-state index in [1.165, 1.54) is 0 Å². The molecule has 5 nitrogen and oxygen atoms in total. The minimum absolute atomic E-state index is 0.212. The molecule has 0 bridgehead atoms. The number of nitrogens with one attached hydrogen (secondary N) is 1. The molecule has 1 aromatic heterocycles. The van der Waals surface area contributed by atoms with Gasteiger partial charge >= 0.3 is 0 Å². The fraction of sp³-hybridized carbons (Fsp3) is 0.600. The summed E-state index contributed by atoms with van der Waals surface area (Å²) in [5.41, 5.74) is 2.89. The van der Waals surface area contributed by atoms with Crippen molar-refractivity contribution in [3.63, 3.8) is 0 Å². The van der Waals surface area contributed by atoms with E-state index in [4.69, 9.17) is 9.47 Å². The predicted molar refractivity (Wildman–Crippen MR) is 76.7 cm³/mol. The van der Waals surface area contributed by atoms with E-state index < -0.39 is 0 Å². The number of aryl methyl sites for hydroxylation is 2. The number of pyridine rings is 1. The van der Waals surface area contributed by atoms with E-state index in [0.717, 1.165) is 43.1 Å². The van der Waals surface area contributed by atoms with E-state index in [0.29, 0.717) is 12.1 Å². The van der Waals surface area contributed by atoms with Gasteiger partial charge < -0.3 is 14.8 Å². The summed E-state index contributed by atoms with van der Waals surface area (Å²) in [5.74, 6) is 0. The molecule has 0 aliphatic carbocycles. The minimum atomic E-state index is -0.212. The summed E-state index contributed by atoms with van der Waals surface area (Å²) in [6.45, 7) is 5.89. The van der Waals surface area contributed by atoms with Crippen molar-refractivity contribution in [2.75, 3.05) is 32.2 Å². The Morgan fingerprint density at radius 3 is 2.75 bits per heavy atom. The van der Waals surface area contributed by atoms with Gasteiger partial charge in [-0.3, -0.25) is 4.98 Å². The first kappa shape index (κ1) is 14.8. The Kier molecular flexibility index (Phi) is 4.58. The van der Waals surface area contributed by atoms with Crippen LogP contribution >= 0.6 is 0 Å². The Labute approximate surface area is 119 Å². The van der Waals surface area contributed by atoms with Gasteiger partial charge in [0.2, 0.25) is 0 Å². The van der Waals surface area contributed by atoms with Crippen LogP contribution in [0.5, 0.6) is 0 Å². The zero-order valence-corrected chi connectivity index (χ0v) is 12.3. The van der Waals surface area contributed by atoms with Crippen molar-refractivity contribution in [1.82, 2.24) is 4.98 Å². The molecule has 0 radical (unpaired) electrons. The quantitative estimate of drug-likeness (QED) is 0.912. The maximum Gasteiger partial charge on any atom is 0.103 e. The Morgan fingerprint density at radius 1 is 1.45 bits per heavy atom. The molecule has 0 amide bonds. The Hall–Kier alpha value is -1.64. The summed E-state index contributed by atoms with van der Waals surface area (Å²) in [5, 5.41) is 12.6. The van der Waals surface area contributed by atoms with Gasteiger partial charge in [-0.15, -0.1) is 0 Å². The highest BCUT2D eigenvalue weighted by Crippen LogP contribution is 2.26. The van der Waals surface area contributed by atoms with Crippen LogP contribution in [0.4, 0.5) is 5.69 Å². The van der Waals surface area contributed by atoms with Crippen LogP contribution in [-0.2, 0) is 9.47 Å². The zero-order valence-electron chi connectivity index (χ0n) is 12.3. The van der Waals surface area contributed by atoms with E-state index >= 15 is 0 Å². The summed E-state index contributed by atoms with van der Waals surface area (Å²) in [7, 11) is 1.74. The van der Waals surface area contributed by atoms with E-state index in [1.54, 1.807) is 7.11 Å². The average Bonchev–Trinajstić information content (AvgIpc) is 2.45. The molecular weight excluding hydrogens is 254 g/mol. The Balaban J connectivity index is 2.16. The molecule has 1 aliphatic heterocycles. The fourth-order valence-corrected chi connectivity index (χ4v) is 2.56. The number of hydrogen-bond donors (Lipinski definition) is 1. The lowest BCUT2D eigenvalue weighted by Gasteiger charge is -2.36. The molecule has 1 saturated heterocycles. The van der Waals surface area contributed by atoms with Crippen molar-refractivity contribution >= 4 is 5.69 Å².